The highest BCUT2D eigenvalue weighted by Crippen LogP contribution is 2.37. The Balaban J connectivity index is 2.57. The van der Waals surface area contributed by atoms with E-state index in [1.54, 1.807) is 19.9 Å². The summed E-state index contributed by atoms with van der Waals surface area (Å²) in [4.78, 5) is 26.0. The predicted molar refractivity (Wildman–Crippen MR) is 136 cm³/mol. The predicted octanol–water partition coefficient (Wildman–Crippen LogP) is 2.06. The fraction of sp³-hybridized carbons (Fsp3) is 0.500. The molecule has 3 atom stereocenters. The second-order valence-electron chi connectivity index (χ2n) is 8.59. The Kier molecular flexibility index (Phi) is 11.2. The number of benzene rings is 1. The molecule has 0 fully saturated rings. The van der Waals surface area contributed by atoms with Gasteiger partial charge in [0, 0.05) is 24.6 Å². The molecular weight excluding hydrogens is 612 g/mol. The Labute approximate surface area is 226 Å². The number of ether oxygens (including phenoxy) is 2. The SMILES string of the molecule is COc1cc(CO)cc(I)c1O[C@H]1C=C(C(=O)NCCO)C[C@@H](N(CC(F)(F)F)C(=O)C=C(C)C)[C@@H]1O. The molecule has 0 radical (unpaired) electrons. The molecule has 37 heavy (non-hydrogen) atoms. The summed E-state index contributed by atoms with van der Waals surface area (Å²) in [6.45, 7) is 0.690. The van der Waals surface area contributed by atoms with E-state index in [4.69, 9.17) is 14.6 Å². The van der Waals surface area contributed by atoms with Crippen molar-refractivity contribution in [3.05, 3.63) is 44.6 Å². The van der Waals surface area contributed by atoms with Gasteiger partial charge in [-0.2, -0.15) is 13.2 Å². The zero-order valence-electron chi connectivity index (χ0n) is 20.5. The van der Waals surface area contributed by atoms with Gasteiger partial charge in [-0.05, 0) is 60.2 Å². The van der Waals surface area contributed by atoms with E-state index in [-0.39, 0.29) is 43.3 Å². The number of nitrogens with zero attached hydrogens (tertiary/aromatic N) is 1. The summed E-state index contributed by atoms with van der Waals surface area (Å²) in [6.07, 6.45) is -5.84. The van der Waals surface area contributed by atoms with Crippen molar-refractivity contribution in [3.63, 3.8) is 0 Å². The zero-order chi connectivity index (χ0) is 27.9. The molecule has 2 rings (SSSR count). The fourth-order valence-electron chi connectivity index (χ4n) is 3.78. The number of alkyl halides is 3. The molecule has 206 valence electrons. The number of hydrogen-bond donors (Lipinski definition) is 4. The summed E-state index contributed by atoms with van der Waals surface area (Å²) in [6, 6.07) is 1.63. The number of carbonyl (C=O) groups excluding carboxylic acids is 2. The van der Waals surface area contributed by atoms with Crippen LogP contribution in [0.3, 0.4) is 0 Å². The summed E-state index contributed by atoms with van der Waals surface area (Å²) in [5.74, 6) is -1.33. The Bertz CT molecular complexity index is 1040. The smallest absolute Gasteiger partial charge is 0.406 e. The van der Waals surface area contributed by atoms with E-state index in [0.717, 1.165) is 6.08 Å². The van der Waals surface area contributed by atoms with Gasteiger partial charge >= 0.3 is 6.18 Å². The molecule has 0 heterocycles. The van der Waals surface area contributed by atoms with Gasteiger partial charge in [0.1, 0.15) is 18.8 Å². The molecule has 9 nitrogen and oxygen atoms in total. The molecule has 0 aliphatic heterocycles. The molecule has 1 aliphatic carbocycles. The summed E-state index contributed by atoms with van der Waals surface area (Å²) in [5, 5.41) is 32.1. The first-order chi connectivity index (χ1) is 17.3. The molecule has 0 aromatic heterocycles. The molecular formula is C24H30F3IN2O7. The minimum atomic E-state index is -4.78. The van der Waals surface area contributed by atoms with Gasteiger partial charge in [-0.3, -0.25) is 9.59 Å². The van der Waals surface area contributed by atoms with Crippen LogP contribution in [-0.4, -0.2) is 83.3 Å². The lowest BCUT2D eigenvalue weighted by molar-refractivity contribution is -0.169. The van der Waals surface area contributed by atoms with E-state index >= 15 is 0 Å². The van der Waals surface area contributed by atoms with Gasteiger partial charge in [-0.25, -0.2) is 0 Å². The van der Waals surface area contributed by atoms with E-state index in [9.17, 15) is 33.0 Å². The quantitative estimate of drug-likeness (QED) is 0.227. The summed E-state index contributed by atoms with van der Waals surface area (Å²) >= 11 is 1.91. The highest BCUT2D eigenvalue weighted by molar-refractivity contribution is 14.1. The first kappa shape index (κ1) is 30.9. The van der Waals surface area contributed by atoms with Crippen molar-refractivity contribution in [1.82, 2.24) is 10.2 Å². The Morgan fingerprint density at radius 1 is 1.27 bits per heavy atom. The van der Waals surface area contributed by atoms with E-state index in [1.807, 2.05) is 22.6 Å². The number of nitrogens with one attached hydrogen (secondary N) is 1. The van der Waals surface area contributed by atoms with Crippen LogP contribution in [0.4, 0.5) is 13.2 Å². The number of hydrogen-bond acceptors (Lipinski definition) is 7. The van der Waals surface area contributed by atoms with Crippen molar-refractivity contribution < 1.29 is 47.6 Å². The number of rotatable bonds is 10. The second-order valence-corrected chi connectivity index (χ2v) is 9.75. The number of amides is 2. The summed E-state index contributed by atoms with van der Waals surface area (Å²) in [5.41, 5.74) is 0.945. The minimum absolute atomic E-state index is 0.0214. The number of aliphatic hydroxyl groups is 3. The van der Waals surface area contributed by atoms with Gasteiger partial charge in [-0.1, -0.05) is 5.57 Å². The van der Waals surface area contributed by atoms with E-state index < -0.39 is 42.8 Å². The molecule has 0 bridgehead atoms. The Hall–Kier alpha value is -2.36. The lowest BCUT2D eigenvalue weighted by Crippen LogP contribution is -2.56. The molecule has 4 N–H and O–H groups in total. The average Bonchev–Trinajstić information content (AvgIpc) is 2.82. The van der Waals surface area contributed by atoms with Crippen molar-refractivity contribution in [2.75, 3.05) is 26.8 Å². The van der Waals surface area contributed by atoms with E-state index in [2.05, 4.69) is 5.32 Å². The van der Waals surface area contributed by atoms with Gasteiger partial charge in [0.2, 0.25) is 11.8 Å². The molecule has 0 spiro atoms. The molecule has 0 saturated carbocycles. The highest BCUT2D eigenvalue weighted by atomic mass is 127. The first-order valence-corrected chi connectivity index (χ1v) is 12.3. The third-order valence-electron chi connectivity index (χ3n) is 5.39. The highest BCUT2D eigenvalue weighted by Gasteiger charge is 2.44. The van der Waals surface area contributed by atoms with Gasteiger partial charge in [0.05, 0.1) is 29.9 Å². The summed E-state index contributed by atoms with van der Waals surface area (Å²) < 4.78 is 52.2. The number of allylic oxidation sites excluding steroid dienone is 1. The molecule has 0 saturated heterocycles. The van der Waals surface area contributed by atoms with Crippen molar-refractivity contribution in [3.8, 4) is 11.5 Å². The molecule has 13 heteroatoms. The Morgan fingerprint density at radius 3 is 2.49 bits per heavy atom. The number of carbonyl (C=O) groups is 2. The number of halogens is 4. The third-order valence-corrected chi connectivity index (χ3v) is 6.19. The monoisotopic (exact) mass is 642 g/mol. The number of aliphatic hydroxyl groups excluding tert-OH is 3. The fourth-order valence-corrected chi connectivity index (χ4v) is 4.57. The van der Waals surface area contributed by atoms with E-state index in [1.165, 1.54) is 19.3 Å². The minimum Gasteiger partial charge on any atom is -0.493 e. The van der Waals surface area contributed by atoms with Crippen LogP contribution in [-0.2, 0) is 16.2 Å². The van der Waals surface area contributed by atoms with Gasteiger partial charge in [0.25, 0.3) is 0 Å². The van der Waals surface area contributed by atoms with Crippen LogP contribution >= 0.6 is 22.6 Å². The summed E-state index contributed by atoms with van der Waals surface area (Å²) in [7, 11) is 1.35. The zero-order valence-corrected chi connectivity index (χ0v) is 22.7. The van der Waals surface area contributed by atoms with Crippen LogP contribution in [0.1, 0.15) is 25.8 Å². The van der Waals surface area contributed by atoms with Crippen molar-refractivity contribution >= 4 is 34.4 Å². The van der Waals surface area contributed by atoms with Crippen LogP contribution < -0.4 is 14.8 Å². The lowest BCUT2D eigenvalue weighted by atomic mass is 9.88. The van der Waals surface area contributed by atoms with Gasteiger partial charge < -0.3 is 35.0 Å². The average molecular weight is 642 g/mol. The standard InChI is InChI=1S/C24H30F3IN2O7/c1-13(2)6-20(33)30(12-24(25,26)27)17-9-15(23(35)29-4-5-31)10-18(21(17)34)37-22-16(28)7-14(11-32)8-19(22)36-3/h6-8,10,17-18,21,31-32,34H,4-5,9,11-12H2,1-3H3,(H,29,35)/t17-,18+,21+/m1/s1. The molecule has 2 amide bonds. The molecule has 1 aliphatic rings. The second kappa shape index (κ2) is 13.4. The normalized spacial score (nSPS) is 19.5. The molecule has 1 aromatic rings. The van der Waals surface area contributed by atoms with Crippen LogP contribution in [0.2, 0.25) is 0 Å². The third kappa shape index (κ3) is 8.58. The Morgan fingerprint density at radius 2 is 1.95 bits per heavy atom. The van der Waals surface area contributed by atoms with Crippen LogP contribution in [0, 0.1) is 3.57 Å². The molecule has 0 unspecified atom stereocenters. The topological polar surface area (TPSA) is 129 Å². The van der Waals surface area contributed by atoms with E-state index in [0.29, 0.717) is 19.6 Å². The molecule has 1 aromatic carbocycles. The largest absolute Gasteiger partial charge is 0.493 e. The van der Waals surface area contributed by atoms with Crippen molar-refractivity contribution in [2.45, 2.75) is 51.3 Å². The van der Waals surface area contributed by atoms with Crippen LogP contribution in [0.5, 0.6) is 11.5 Å². The van der Waals surface area contributed by atoms with Crippen LogP contribution in [0.15, 0.2) is 35.4 Å². The van der Waals surface area contributed by atoms with Crippen molar-refractivity contribution in [2.24, 2.45) is 0 Å². The van der Waals surface area contributed by atoms with Crippen molar-refractivity contribution in [1.29, 1.82) is 0 Å². The maximum Gasteiger partial charge on any atom is 0.406 e. The maximum atomic E-state index is 13.5. The van der Waals surface area contributed by atoms with Gasteiger partial charge in [-0.15, -0.1) is 0 Å². The van der Waals surface area contributed by atoms with Crippen LogP contribution in [0.25, 0.3) is 0 Å². The maximum absolute atomic E-state index is 13.5. The van der Waals surface area contributed by atoms with Gasteiger partial charge in [0.15, 0.2) is 11.5 Å². The number of methoxy groups -OCH3 is 1. The lowest BCUT2D eigenvalue weighted by Gasteiger charge is -2.40. The first-order valence-electron chi connectivity index (χ1n) is 11.2.